The summed E-state index contributed by atoms with van der Waals surface area (Å²) in [6, 6.07) is 24.8. The summed E-state index contributed by atoms with van der Waals surface area (Å²) < 4.78 is 65.2. The molecule has 0 spiro atoms. The molecule has 0 bridgehead atoms. The van der Waals surface area contributed by atoms with Crippen LogP contribution in [-0.2, 0) is 56.8 Å². The largest absolute Gasteiger partial charge is 0.456 e. The summed E-state index contributed by atoms with van der Waals surface area (Å²) >= 11 is 9.81. The van der Waals surface area contributed by atoms with E-state index in [-0.39, 0.29) is 25.2 Å². The summed E-state index contributed by atoms with van der Waals surface area (Å²) in [7, 11) is 3.28. The van der Waals surface area contributed by atoms with Crippen molar-refractivity contribution >= 4 is 80.0 Å². The van der Waals surface area contributed by atoms with Gasteiger partial charge in [0, 0.05) is 63.0 Å². The van der Waals surface area contributed by atoms with Crippen LogP contribution in [0.3, 0.4) is 0 Å². The van der Waals surface area contributed by atoms with Crippen molar-refractivity contribution in [2.24, 2.45) is 0 Å². The van der Waals surface area contributed by atoms with Gasteiger partial charge in [0.2, 0.25) is 0 Å². The highest BCUT2D eigenvalue weighted by Crippen LogP contribution is 2.46. The Balaban J connectivity index is 0.875. The van der Waals surface area contributed by atoms with Gasteiger partial charge in [-0.25, -0.2) is 9.59 Å². The monoisotopic (exact) mass is 1080 g/mol. The fraction of sp³-hybridized carbons (Fsp3) is 0.480. The van der Waals surface area contributed by atoms with Gasteiger partial charge < -0.3 is 56.8 Å². The molecule has 6 rings (SSSR count). The van der Waals surface area contributed by atoms with Gasteiger partial charge in [0.25, 0.3) is 0 Å². The van der Waals surface area contributed by atoms with E-state index in [1.54, 1.807) is 59.6 Å². The van der Waals surface area contributed by atoms with Crippen LogP contribution in [0.5, 0.6) is 0 Å². The second-order valence-corrected chi connectivity index (χ2v) is 21.7. The smallest absolute Gasteiger partial charge is 0.348 e. The highest BCUT2D eigenvalue weighted by atomic mass is 32.1. The molecule has 70 heavy (non-hydrogen) atoms. The molecule has 0 N–H and O–H groups in total. The maximum absolute atomic E-state index is 13.0. The molecule has 382 valence electrons. The number of hydrogen-bond donors (Lipinski definition) is 0. The third-order valence-corrected chi connectivity index (χ3v) is 17.1. The zero-order chi connectivity index (χ0) is 49.2. The average molecular weight is 1080 g/mol. The van der Waals surface area contributed by atoms with Crippen LogP contribution >= 0.6 is 68.0 Å². The van der Waals surface area contributed by atoms with Crippen molar-refractivity contribution in [2.75, 3.05) is 133 Å². The SMILES string of the molecule is COCCOCCOCCOCCOC[C@H](C)OC(=O)c1ccc(-c2ccc(-c3ccc(-c4ccc(-c5ccc(-c6ccc(C(=O)O[C@@H](C)COCCOCCOCCOCCOC)s6)s5)s4)s3)s2)s1. The second-order valence-electron chi connectivity index (χ2n) is 15.2. The van der Waals surface area contributed by atoms with Crippen molar-refractivity contribution in [2.45, 2.75) is 26.1 Å². The van der Waals surface area contributed by atoms with Crippen molar-refractivity contribution in [1.29, 1.82) is 0 Å². The lowest BCUT2D eigenvalue weighted by molar-refractivity contribution is -0.0247. The van der Waals surface area contributed by atoms with Crippen molar-refractivity contribution < 1.29 is 66.4 Å². The molecule has 0 unspecified atom stereocenters. The zero-order valence-electron chi connectivity index (χ0n) is 40.0. The van der Waals surface area contributed by atoms with Crippen LogP contribution < -0.4 is 0 Å². The molecule has 0 aliphatic heterocycles. The lowest BCUT2D eigenvalue weighted by Crippen LogP contribution is -2.21. The third kappa shape index (κ3) is 19.3. The van der Waals surface area contributed by atoms with E-state index in [4.69, 9.17) is 56.8 Å². The quantitative estimate of drug-likeness (QED) is 0.0269. The molecule has 2 atom stereocenters. The van der Waals surface area contributed by atoms with Gasteiger partial charge in [0.05, 0.1) is 119 Å². The predicted octanol–water partition coefficient (Wildman–Crippen LogP) is 10.9. The maximum Gasteiger partial charge on any atom is 0.348 e. The van der Waals surface area contributed by atoms with Gasteiger partial charge >= 0.3 is 11.9 Å². The van der Waals surface area contributed by atoms with Crippen molar-refractivity contribution in [1.82, 2.24) is 0 Å². The number of hydrogen-bond acceptors (Lipinski definition) is 20. The number of carbonyl (C=O) groups excluding carboxylic acids is 2. The first-order valence-corrected chi connectivity index (χ1v) is 27.8. The zero-order valence-corrected chi connectivity index (χ0v) is 44.9. The summed E-state index contributed by atoms with van der Waals surface area (Å²) in [4.78, 5) is 38.4. The molecule has 0 fully saturated rings. The molecule has 0 aliphatic carbocycles. The van der Waals surface area contributed by atoms with Crippen LogP contribution in [0.15, 0.2) is 72.8 Å². The fourth-order valence-electron chi connectivity index (χ4n) is 6.22. The summed E-state index contributed by atoms with van der Waals surface area (Å²) in [5, 5.41) is 0. The molecule has 14 nitrogen and oxygen atoms in total. The van der Waals surface area contributed by atoms with Crippen LogP contribution in [0.2, 0.25) is 0 Å². The van der Waals surface area contributed by atoms with E-state index in [0.29, 0.717) is 115 Å². The fourth-order valence-corrected chi connectivity index (χ4v) is 12.5. The van der Waals surface area contributed by atoms with Crippen molar-refractivity contribution in [3.05, 3.63) is 82.6 Å². The molecule has 0 amide bonds. The Bertz CT molecular complexity index is 2210. The molecule has 0 saturated carbocycles. The van der Waals surface area contributed by atoms with Crippen LogP contribution in [0, 0.1) is 0 Å². The van der Waals surface area contributed by atoms with Crippen molar-refractivity contribution in [3.63, 3.8) is 0 Å². The van der Waals surface area contributed by atoms with E-state index in [2.05, 4.69) is 48.5 Å². The molecular weight excluding hydrogens is 1020 g/mol. The lowest BCUT2D eigenvalue weighted by atomic mass is 10.3. The lowest BCUT2D eigenvalue weighted by Gasteiger charge is -2.13. The Morgan fingerprint density at radius 2 is 0.543 bits per heavy atom. The minimum Gasteiger partial charge on any atom is -0.456 e. The first-order chi connectivity index (χ1) is 34.3. The number of ether oxygens (including phenoxy) is 12. The molecule has 0 aromatic carbocycles. The first kappa shape index (κ1) is 56.0. The van der Waals surface area contributed by atoms with E-state index in [9.17, 15) is 9.59 Å². The molecule has 6 aromatic heterocycles. The highest BCUT2D eigenvalue weighted by Gasteiger charge is 2.19. The molecule has 0 radical (unpaired) electrons. The maximum atomic E-state index is 13.0. The van der Waals surface area contributed by atoms with E-state index in [1.807, 2.05) is 38.1 Å². The number of methoxy groups -OCH3 is 2. The molecule has 0 saturated heterocycles. The Hall–Kier alpha value is -3.26. The van der Waals surface area contributed by atoms with Crippen LogP contribution in [0.25, 0.3) is 48.8 Å². The minimum absolute atomic E-state index is 0.280. The van der Waals surface area contributed by atoms with Gasteiger partial charge in [0.1, 0.15) is 22.0 Å². The predicted molar refractivity (Wildman–Crippen MR) is 281 cm³/mol. The molecule has 6 heterocycles. The first-order valence-electron chi connectivity index (χ1n) is 22.9. The van der Waals surface area contributed by atoms with E-state index in [0.717, 1.165) is 19.5 Å². The number of thiophene rings is 6. The number of rotatable bonds is 37. The average Bonchev–Trinajstić information content (AvgIpc) is 4.22. The Labute approximate surface area is 434 Å². The Morgan fingerprint density at radius 1 is 0.329 bits per heavy atom. The van der Waals surface area contributed by atoms with Gasteiger partial charge in [-0.15, -0.1) is 68.0 Å². The van der Waals surface area contributed by atoms with Gasteiger partial charge in [-0.3, -0.25) is 0 Å². The highest BCUT2D eigenvalue weighted by molar-refractivity contribution is 7.30. The minimum atomic E-state index is -0.400. The summed E-state index contributed by atoms with van der Waals surface area (Å²) in [5.74, 6) is -0.721. The Morgan fingerprint density at radius 3 is 0.800 bits per heavy atom. The number of esters is 2. The van der Waals surface area contributed by atoms with Gasteiger partial charge in [-0.2, -0.15) is 0 Å². The van der Waals surface area contributed by atoms with E-state index < -0.39 is 12.2 Å². The van der Waals surface area contributed by atoms with Crippen LogP contribution in [-0.4, -0.2) is 157 Å². The third-order valence-electron chi connectivity index (χ3n) is 9.67. The van der Waals surface area contributed by atoms with Gasteiger partial charge in [0.15, 0.2) is 0 Å². The van der Waals surface area contributed by atoms with Crippen LogP contribution in [0.1, 0.15) is 33.2 Å². The molecule has 20 heteroatoms. The Kier molecular flexibility index (Phi) is 25.6. The number of carbonyl (C=O) groups is 2. The van der Waals surface area contributed by atoms with Crippen molar-refractivity contribution in [3.8, 4) is 48.8 Å². The summed E-state index contributed by atoms with van der Waals surface area (Å²) in [6.45, 7) is 12.0. The van der Waals surface area contributed by atoms with E-state index >= 15 is 0 Å². The van der Waals surface area contributed by atoms with Gasteiger partial charge in [-0.1, -0.05) is 0 Å². The van der Waals surface area contributed by atoms with E-state index in [1.165, 1.54) is 51.9 Å². The topological polar surface area (TPSA) is 145 Å². The molecular formula is C50H62O14S6. The van der Waals surface area contributed by atoms with Crippen LogP contribution in [0.4, 0.5) is 0 Å². The molecule has 6 aromatic rings. The normalized spacial score (nSPS) is 12.5. The van der Waals surface area contributed by atoms with Gasteiger partial charge in [-0.05, 0) is 86.6 Å². The molecule has 0 aliphatic rings. The summed E-state index contributed by atoms with van der Waals surface area (Å²) in [5.41, 5.74) is 0. The summed E-state index contributed by atoms with van der Waals surface area (Å²) in [6.07, 6.45) is -0.800. The second kappa shape index (κ2) is 32.0. The standard InChI is InChI=1S/C50H62O14S6/c1-35(33-61-31-29-59-27-25-57-23-21-55-19-17-53-3)63-49(51)47-15-13-45(69-47)43-11-9-41(67-43)39-7-5-37(65-39)38-6-8-40(66-38)42-10-12-44(68-42)46-14-16-48(70-46)50(52)64-36(2)34-62-32-30-60-28-26-58-24-22-56-20-18-54-4/h5-16,35-36H,17-34H2,1-4H3/t35-,36-/m0/s1.